The van der Waals surface area contributed by atoms with Crippen molar-refractivity contribution in [2.75, 3.05) is 14.2 Å². The molecule has 0 aliphatic heterocycles. The van der Waals surface area contributed by atoms with Gasteiger partial charge in [0.15, 0.2) is 5.78 Å². The molecule has 9 saturated carbocycles. The second kappa shape index (κ2) is 8.80. The summed E-state index contributed by atoms with van der Waals surface area (Å²) in [6.07, 6.45) is 13.4. The van der Waals surface area contributed by atoms with Crippen LogP contribution in [0.5, 0.6) is 0 Å². The molecule has 0 radical (unpaired) electrons. The number of esters is 1. The van der Waals surface area contributed by atoms with Crippen LogP contribution in [0, 0.1) is 72.9 Å². The Balaban J connectivity index is 1.44. The standard InChI is InChI=1S/C41H60O5/c1-24(2)38-22-37-18-14-28-34(6,15-11-16-35(28,7)32(44)45-9)29(37)20-27-25(3)12-19-40(31(43)41(37,38)46-10)36(8)21-33(4,5)17-13-26(36)30(42)39(27,40)23-38/h12,24,26-29H,11,13-23H2,1-10H3/t26-,27-,28-,29-,34+,35-,36+,37+,38-,39+,40-,41-/m1/s1. The molecule has 2 spiro atoms. The summed E-state index contributed by atoms with van der Waals surface area (Å²) in [7, 11) is 3.40. The van der Waals surface area contributed by atoms with Crippen LogP contribution >= 0.6 is 0 Å². The SMILES string of the molecule is COC(=O)[C@]1(C)CCC[C@]2(C)[C@H]3C[C@@H]4C(C)=CC[C@]56C(=O)[C@]7(OC)[C@](C(C)C)(C[C@@]37CC[C@H]21)C[C@@]45C(=O)[C@H]1CCC(C)(C)C[C@@]16C. The van der Waals surface area contributed by atoms with E-state index in [1.165, 1.54) is 5.57 Å². The van der Waals surface area contributed by atoms with Crippen LogP contribution < -0.4 is 0 Å². The van der Waals surface area contributed by atoms with Crippen LogP contribution in [0.15, 0.2) is 11.6 Å². The fourth-order valence-corrected chi connectivity index (χ4v) is 17.0. The lowest BCUT2D eigenvalue weighted by Gasteiger charge is -2.84. The van der Waals surface area contributed by atoms with E-state index < -0.39 is 21.8 Å². The summed E-state index contributed by atoms with van der Waals surface area (Å²) in [5.74, 6) is 1.26. The number of methoxy groups -OCH3 is 2. The molecule has 12 atom stereocenters. The molecule has 10 aliphatic rings. The zero-order valence-electron chi connectivity index (χ0n) is 30.5. The molecular weight excluding hydrogens is 572 g/mol. The van der Waals surface area contributed by atoms with E-state index >= 15 is 9.59 Å². The molecule has 5 heteroatoms. The van der Waals surface area contributed by atoms with E-state index in [0.29, 0.717) is 18.0 Å². The van der Waals surface area contributed by atoms with Gasteiger partial charge in [-0.15, -0.1) is 0 Å². The highest BCUT2D eigenvalue weighted by molar-refractivity contribution is 6.09. The van der Waals surface area contributed by atoms with Crippen molar-refractivity contribution in [3.05, 3.63) is 11.6 Å². The minimum Gasteiger partial charge on any atom is -0.469 e. The van der Waals surface area contributed by atoms with Gasteiger partial charge in [-0.2, -0.15) is 0 Å². The Morgan fingerprint density at radius 2 is 1.61 bits per heavy atom. The summed E-state index contributed by atoms with van der Waals surface area (Å²) < 4.78 is 12.6. The van der Waals surface area contributed by atoms with E-state index in [4.69, 9.17) is 9.47 Å². The summed E-state index contributed by atoms with van der Waals surface area (Å²) in [5.41, 5.74) is -2.64. The number of allylic oxidation sites excluding steroid dienone is 2. The summed E-state index contributed by atoms with van der Waals surface area (Å²) in [6, 6.07) is 0. The molecule has 0 unspecified atom stereocenters. The fraction of sp³-hybridized carbons (Fsp3) is 0.878. The predicted octanol–water partition coefficient (Wildman–Crippen LogP) is 8.53. The number of hydrogen-bond acceptors (Lipinski definition) is 5. The second-order valence-electron chi connectivity index (χ2n) is 20.0. The van der Waals surface area contributed by atoms with Crippen molar-refractivity contribution < 1.29 is 23.9 Å². The summed E-state index contributed by atoms with van der Waals surface area (Å²) in [6.45, 7) is 18.7. The number of carbonyl (C=O) groups is 3. The van der Waals surface area contributed by atoms with Crippen molar-refractivity contribution in [2.24, 2.45) is 72.9 Å². The maximum atomic E-state index is 16.6. The number of Topliss-reactive ketones (excluding diaryl/α,β-unsaturated/α-hetero) is 2. The number of hydrogen-bond donors (Lipinski definition) is 0. The van der Waals surface area contributed by atoms with E-state index in [-0.39, 0.29) is 62.6 Å². The van der Waals surface area contributed by atoms with Crippen LogP contribution in [0.2, 0.25) is 0 Å². The van der Waals surface area contributed by atoms with Gasteiger partial charge in [-0.3, -0.25) is 14.4 Å². The largest absolute Gasteiger partial charge is 0.469 e. The van der Waals surface area contributed by atoms with Gasteiger partial charge in [0.1, 0.15) is 11.4 Å². The lowest BCUT2D eigenvalue weighted by Crippen LogP contribution is -2.89. The van der Waals surface area contributed by atoms with Gasteiger partial charge in [0.25, 0.3) is 0 Å². The van der Waals surface area contributed by atoms with Crippen LogP contribution in [-0.2, 0) is 23.9 Å². The third-order valence-electron chi connectivity index (χ3n) is 18.3. The molecule has 0 aromatic carbocycles. The molecule has 0 heterocycles. The molecule has 0 aromatic rings. The molecule has 254 valence electrons. The maximum Gasteiger partial charge on any atom is 0.311 e. The Labute approximate surface area is 277 Å². The quantitative estimate of drug-likeness (QED) is 0.230. The highest BCUT2D eigenvalue weighted by atomic mass is 16.5. The fourth-order valence-electron chi connectivity index (χ4n) is 17.0. The minimum absolute atomic E-state index is 0.0584. The number of carbonyl (C=O) groups excluding carboxylic acids is 3. The third kappa shape index (κ3) is 2.81. The Morgan fingerprint density at radius 3 is 2.26 bits per heavy atom. The molecule has 10 aliphatic carbocycles. The van der Waals surface area contributed by atoms with Crippen molar-refractivity contribution in [3.63, 3.8) is 0 Å². The topological polar surface area (TPSA) is 69.7 Å². The van der Waals surface area contributed by atoms with Gasteiger partial charge in [-0.25, -0.2) is 0 Å². The smallest absolute Gasteiger partial charge is 0.311 e. The molecule has 0 aromatic heterocycles. The van der Waals surface area contributed by atoms with Crippen LogP contribution in [0.4, 0.5) is 0 Å². The Morgan fingerprint density at radius 1 is 0.891 bits per heavy atom. The predicted molar refractivity (Wildman–Crippen MR) is 178 cm³/mol. The van der Waals surface area contributed by atoms with Crippen molar-refractivity contribution >= 4 is 17.5 Å². The van der Waals surface area contributed by atoms with Gasteiger partial charge >= 0.3 is 5.97 Å². The van der Waals surface area contributed by atoms with Crippen molar-refractivity contribution in [3.8, 4) is 0 Å². The first-order chi connectivity index (χ1) is 21.4. The van der Waals surface area contributed by atoms with Crippen LogP contribution in [0.25, 0.3) is 0 Å². The lowest BCUT2D eigenvalue weighted by molar-refractivity contribution is -0.377. The summed E-state index contributed by atoms with van der Waals surface area (Å²) in [5, 5.41) is 0. The number of ether oxygens (including phenoxy) is 2. The van der Waals surface area contributed by atoms with Crippen molar-refractivity contribution in [2.45, 2.75) is 138 Å². The summed E-state index contributed by atoms with van der Waals surface area (Å²) in [4.78, 5) is 45.9. The monoisotopic (exact) mass is 632 g/mol. The highest BCUT2D eigenvalue weighted by Gasteiger charge is 2.95. The van der Waals surface area contributed by atoms with E-state index in [0.717, 1.165) is 70.6 Å². The maximum absolute atomic E-state index is 16.6. The van der Waals surface area contributed by atoms with E-state index in [2.05, 4.69) is 61.5 Å². The third-order valence-corrected chi connectivity index (χ3v) is 18.3. The molecule has 0 N–H and O–H groups in total. The number of fused-ring (bicyclic) bond motifs is 2. The molecule has 6 bridgehead atoms. The van der Waals surface area contributed by atoms with Crippen molar-refractivity contribution in [1.29, 1.82) is 0 Å². The van der Waals surface area contributed by atoms with Gasteiger partial charge < -0.3 is 9.47 Å². The molecule has 46 heavy (non-hydrogen) atoms. The second-order valence-corrected chi connectivity index (χ2v) is 20.0. The van der Waals surface area contributed by atoms with Gasteiger partial charge in [0.2, 0.25) is 0 Å². The summed E-state index contributed by atoms with van der Waals surface area (Å²) >= 11 is 0. The van der Waals surface area contributed by atoms with Gasteiger partial charge in [-0.05, 0) is 124 Å². The molecule has 0 saturated heterocycles. The van der Waals surface area contributed by atoms with E-state index in [1.54, 1.807) is 7.11 Å². The first-order valence-electron chi connectivity index (χ1n) is 18.8. The Hall–Kier alpha value is -1.49. The number of ketones is 2. The van der Waals surface area contributed by atoms with Crippen molar-refractivity contribution in [1.82, 2.24) is 0 Å². The van der Waals surface area contributed by atoms with E-state index in [1.807, 2.05) is 7.11 Å². The number of rotatable bonds is 3. The van der Waals surface area contributed by atoms with E-state index in [9.17, 15) is 4.79 Å². The highest BCUT2D eigenvalue weighted by Crippen LogP contribution is 2.91. The zero-order chi connectivity index (χ0) is 33.3. The average Bonchev–Trinajstić information content (AvgIpc) is 3.12. The van der Waals surface area contributed by atoms with Gasteiger partial charge in [0.05, 0.1) is 17.9 Å². The molecule has 9 fully saturated rings. The molecule has 10 rings (SSSR count). The minimum atomic E-state index is -0.917. The Bertz CT molecular complexity index is 1470. The molecule has 5 nitrogen and oxygen atoms in total. The first-order valence-corrected chi connectivity index (χ1v) is 18.8. The first kappa shape index (κ1) is 31.8. The molecular formula is C41H60O5. The van der Waals surface area contributed by atoms with Gasteiger partial charge in [-0.1, -0.05) is 59.6 Å². The van der Waals surface area contributed by atoms with Gasteiger partial charge in [0, 0.05) is 29.3 Å². The molecule has 0 amide bonds. The normalized spacial score (nSPS) is 56.0. The zero-order valence-corrected chi connectivity index (χ0v) is 30.5. The van der Waals surface area contributed by atoms with Crippen LogP contribution in [0.3, 0.4) is 0 Å². The Kier molecular flexibility index (Phi) is 6.08. The van der Waals surface area contributed by atoms with Crippen LogP contribution in [0.1, 0.15) is 132 Å². The van der Waals surface area contributed by atoms with Crippen LogP contribution in [-0.4, -0.2) is 37.4 Å². The average molecular weight is 633 g/mol. The lowest BCUT2D eigenvalue weighted by atomic mass is 9.19.